The summed E-state index contributed by atoms with van der Waals surface area (Å²) in [6.07, 6.45) is -4.70. The van der Waals surface area contributed by atoms with Crippen molar-refractivity contribution in [2.24, 2.45) is 0 Å². The maximum absolute atomic E-state index is 13.9. The lowest BCUT2D eigenvalue weighted by Crippen LogP contribution is -2.36. The fraction of sp³-hybridized carbons (Fsp3) is 0.259. The van der Waals surface area contributed by atoms with Crippen molar-refractivity contribution in [1.29, 1.82) is 0 Å². The molecular formula is C27H24ClF4N3O2. The molecular weight excluding hydrogens is 510 g/mol. The van der Waals surface area contributed by atoms with E-state index in [2.05, 4.69) is 5.32 Å². The first-order valence-electron chi connectivity index (χ1n) is 11.5. The minimum atomic E-state index is -4.81. The third-order valence-electron chi connectivity index (χ3n) is 6.24. The highest BCUT2D eigenvalue weighted by atomic mass is 35.5. The number of amides is 2. The SMILES string of the molecule is CN(C)c1ccc(C(=O)N2CCc3c(ccc(Cl)c3NC(=O)Cc3ccc(C(F)(F)F)c(F)c3)C2)cc1. The van der Waals surface area contributed by atoms with Crippen LogP contribution in [0, 0.1) is 5.82 Å². The third kappa shape index (κ3) is 5.88. The van der Waals surface area contributed by atoms with Crippen molar-refractivity contribution in [2.75, 3.05) is 30.9 Å². The van der Waals surface area contributed by atoms with Gasteiger partial charge < -0.3 is 15.1 Å². The van der Waals surface area contributed by atoms with Crippen LogP contribution in [0.2, 0.25) is 5.02 Å². The normalized spacial score (nSPS) is 13.2. The van der Waals surface area contributed by atoms with Crippen molar-refractivity contribution < 1.29 is 27.2 Å². The third-order valence-corrected chi connectivity index (χ3v) is 6.55. The largest absolute Gasteiger partial charge is 0.419 e. The lowest BCUT2D eigenvalue weighted by molar-refractivity contribution is -0.140. The Morgan fingerprint density at radius 3 is 2.38 bits per heavy atom. The topological polar surface area (TPSA) is 52.7 Å². The van der Waals surface area contributed by atoms with Gasteiger partial charge in [-0.25, -0.2) is 4.39 Å². The Morgan fingerprint density at radius 1 is 1.05 bits per heavy atom. The van der Waals surface area contributed by atoms with Crippen LogP contribution in [0.25, 0.3) is 0 Å². The minimum Gasteiger partial charge on any atom is -0.378 e. The average Bonchev–Trinajstić information content (AvgIpc) is 2.84. The van der Waals surface area contributed by atoms with E-state index in [4.69, 9.17) is 11.6 Å². The Labute approximate surface area is 216 Å². The van der Waals surface area contributed by atoms with E-state index in [1.807, 2.05) is 31.1 Å². The Bertz CT molecular complexity index is 1340. The van der Waals surface area contributed by atoms with E-state index in [0.717, 1.165) is 22.9 Å². The van der Waals surface area contributed by atoms with Gasteiger partial charge >= 0.3 is 6.18 Å². The van der Waals surface area contributed by atoms with Crippen LogP contribution in [-0.2, 0) is 30.4 Å². The van der Waals surface area contributed by atoms with Gasteiger partial charge in [-0.1, -0.05) is 23.7 Å². The first kappa shape index (κ1) is 26.5. The second kappa shape index (κ2) is 10.4. The van der Waals surface area contributed by atoms with Crippen molar-refractivity contribution in [2.45, 2.75) is 25.6 Å². The maximum atomic E-state index is 13.9. The second-order valence-corrected chi connectivity index (χ2v) is 9.42. The molecule has 4 rings (SSSR count). The second-order valence-electron chi connectivity index (χ2n) is 9.01. The van der Waals surface area contributed by atoms with Crippen LogP contribution in [-0.4, -0.2) is 37.4 Å². The van der Waals surface area contributed by atoms with Crippen LogP contribution >= 0.6 is 11.6 Å². The van der Waals surface area contributed by atoms with Gasteiger partial charge in [0.15, 0.2) is 0 Å². The van der Waals surface area contributed by atoms with Gasteiger partial charge in [0.1, 0.15) is 5.82 Å². The smallest absolute Gasteiger partial charge is 0.378 e. The molecule has 5 nitrogen and oxygen atoms in total. The standard InChI is InChI=1S/C27H24ClF4N3O2/c1-34(2)19-7-4-17(5-8-19)26(37)35-12-11-20-18(15-35)6-10-22(28)25(20)33-24(36)14-16-3-9-21(23(29)13-16)27(30,31)32/h3-10,13H,11-12,14-15H2,1-2H3,(H,33,36). The van der Waals surface area contributed by atoms with Crippen LogP contribution in [0.1, 0.15) is 32.6 Å². The molecule has 10 heteroatoms. The zero-order valence-electron chi connectivity index (χ0n) is 20.1. The van der Waals surface area contributed by atoms with Crippen molar-refractivity contribution >= 4 is 34.8 Å². The number of benzene rings is 3. The molecule has 37 heavy (non-hydrogen) atoms. The molecule has 0 aliphatic carbocycles. The maximum Gasteiger partial charge on any atom is 0.419 e. The Kier molecular flexibility index (Phi) is 7.45. The number of alkyl halides is 3. The summed E-state index contributed by atoms with van der Waals surface area (Å²) in [5.74, 6) is -2.09. The lowest BCUT2D eigenvalue weighted by atomic mass is 9.96. The summed E-state index contributed by atoms with van der Waals surface area (Å²) in [4.78, 5) is 29.4. The molecule has 1 N–H and O–H groups in total. The number of nitrogens with one attached hydrogen (secondary N) is 1. The van der Waals surface area contributed by atoms with Gasteiger partial charge in [-0.15, -0.1) is 0 Å². The summed E-state index contributed by atoms with van der Waals surface area (Å²) in [5, 5.41) is 3.02. The van der Waals surface area contributed by atoms with Gasteiger partial charge in [0.25, 0.3) is 5.91 Å². The highest BCUT2D eigenvalue weighted by Gasteiger charge is 2.34. The fourth-order valence-electron chi connectivity index (χ4n) is 4.29. The van der Waals surface area contributed by atoms with Crippen LogP contribution in [0.15, 0.2) is 54.6 Å². The number of halogens is 5. The number of hydrogen-bond donors (Lipinski definition) is 1. The summed E-state index contributed by atoms with van der Waals surface area (Å²) < 4.78 is 52.3. The molecule has 0 saturated heterocycles. The summed E-state index contributed by atoms with van der Waals surface area (Å²) in [7, 11) is 3.84. The van der Waals surface area contributed by atoms with Gasteiger partial charge in [0.2, 0.25) is 5.91 Å². The van der Waals surface area contributed by atoms with Crippen molar-refractivity contribution in [1.82, 2.24) is 4.90 Å². The summed E-state index contributed by atoms with van der Waals surface area (Å²) in [6.45, 7) is 0.738. The highest BCUT2D eigenvalue weighted by molar-refractivity contribution is 6.34. The van der Waals surface area contributed by atoms with Crippen molar-refractivity contribution in [3.63, 3.8) is 0 Å². The van der Waals surface area contributed by atoms with E-state index < -0.39 is 23.5 Å². The number of fused-ring (bicyclic) bond motifs is 1. The molecule has 0 aromatic heterocycles. The predicted molar refractivity (Wildman–Crippen MR) is 134 cm³/mol. The van der Waals surface area contributed by atoms with Crippen molar-refractivity contribution in [3.8, 4) is 0 Å². The Hall–Kier alpha value is -3.59. The molecule has 0 radical (unpaired) electrons. The molecule has 0 fully saturated rings. The molecule has 1 aliphatic rings. The van der Waals surface area contributed by atoms with Gasteiger partial charge in [-0.3, -0.25) is 9.59 Å². The van der Waals surface area contributed by atoms with E-state index in [1.54, 1.807) is 29.2 Å². The average molecular weight is 534 g/mol. The highest BCUT2D eigenvalue weighted by Crippen LogP contribution is 2.34. The van der Waals surface area contributed by atoms with E-state index >= 15 is 0 Å². The van der Waals surface area contributed by atoms with Crippen LogP contribution in [0.3, 0.4) is 0 Å². The molecule has 3 aromatic carbocycles. The molecule has 0 saturated carbocycles. The van der Waals surface area contributed by atoms with Gasteiger partial charge in [-0.2, -0.15) is 13.2 Å². The lowest BCUT2D eigenvalue weighted by Gasteiger charge is -2.31. The summed E-state index contributed by atoms with van der Waals surface area (Å²) in [6, 6.07) is 13.1. The van der Waals surface area contributed by atoms with Gasteiger partial charge in [-0.05, 0) is 65.6 Å². The zero-order valence-corrected chi connectivity index (χ0v) is 20.9. The molecule has 0 atom stereocenters. The zero-order chi connectivity index (χ0) is 26.9. The van der Waals surface area contributed by atoms with Crippen LogP contribution in [0.5, 0.6) is 0 Å². The molecule has 1 aliphatic heterocycles. The summed E-state index contributed by atoms with van der Waals surface area (Å²) >= 11 is 6.36. The van der Waals surface area contributed by atoms with Crippen LogP contribution < -0.4 is 10.2 Å². The van der Waals surface area contributed by atoms with Gasteiger partial charge in [0.05, 0.1) is 22.7 Å². The molecule has 2 amide bonds. The number of carbonyl (C=O) groups is 2. The predicted octanol–water partition coefficient (Wildman–Crippen LogP) is 5.94. The molecule has 3 aromatic rings. The minimum absolute atomic E-state index is 0.0981. The number of nitrogens with zero attached hydrogens (tertiary/aromatic N) is 2. The fourth-order valence-corrected chi connectivity index (χ4v) is 4.51. The molecule has 0 bridgehead atoms. The van der Waals surface area contributed by atoms with E-state index in [1.165, 1.54) is 0 Å². The van der Waals surface area contributed by atoms with Crippen LogP contribution in [0.4, 0.5) is 28.9 Å². The first-order valence-corrected chi connectivity index (χ1v) is 11.8. The Balaban J connectivity index is 1.47. The number of hydrogen-bond acceptors (Lipinski definition) is 3. The Morgan fingerprint density at radius 2 is 1.76 bits per heavy atom. The van der Waals surface area contributed by atoms with Crippen molar-refractivity contribution in [3.05, 3.63) is 93.3 Å². The number of rotatable bonds is 5. The number of anilines is 2. The van der Waals surface area contributed by atoms with E-state index in [-0.39, 0.29) is 17.9 Å². The first-order chi connectivity index (χ1) is 17.4. The quantitative estimate of drug-likeness (QED) is 0.413. The summed E-state index contributed by atoms with van der Waals surface area (Å²) in [5.41, 5.74) is 2.26. The molecule has 194 valence electrons. The van der Waals surface area contributed by atoms with E-state index in [0.29, 0.717) is 47.9 Å². The molecule has 1 heterocycles. The number of carbonyl (C=O) groups excluding carboxylic acids is 2. The monoisotopic (exact) mass is 533 g/mol. The molecule has 0 spiro atoms. The molecule has 0 unspecified atom stereocenters. The van der Waals surface area contributed by atoms with E-state index in [9.17, 15) is 27.2 Å². The van der Waals surface area contributed by atoms with Gasteiger partial charge in [0, 0.05) is 38.4 Å².